The zero-order valence-electron chi connectivity index (χ0n) is 6.40. The number of allylic oxidation sites excluding steroid dienone is 1. The molecule has 0 saturated heterocycles. The van der Waals surface area contributed by atoms with Crippen molar-refractivity contribution in [2.45, 2.75) is 32.8 Å². The van der Waals surface area contributed by atoms with E-state index in [1.807, 2.05) is 0 Å². The van der Waals surface area contributed by atoms with Crippen molar-refractivity contribution in [3.63, 3.8) is 0 Å². The van der Waals surface area contributed by atoms with Crippen molar-refractivity contribution in [1.82, 2.24) is 0 Å². The van der Waals surface area contributed by atoms with E-state index in [4.69, 9.17) is 4.74 Å². The maximum atomic E-state index is 5.24. The largest absolute Gasteiger partial charge is 0.377 e. The Morgan fingerprint density at radius 1 is 1.44 bits per heavy atom. The predicted molar refractivity (Wildman–Crippen MR) is 38.4 cm³/mol. The third kappa shape index (κ3) is 1.16. The summed E-state index contributed by atoms with van der Waals surface area (Å²) in [5.74, 6) is 0. The third-order valence-electron chi connectivity index (χ3n) is 2.22. The summed E-state index contributed by atoms with van der Waals surface area (Å²) >= 11 is 0. The molecule has 0 radical (unpaired) electrons. The second kappa shape index (κ2) is 2.53. The Morgan fingerprint density at radius 3 is 2.33 bits per heavy atom. The quantitative estimate of drug-likeness (QED) is 0.489. The van der Waals surface area contributed by atoms with Crippen LogP contribution in [0.4, 0.5) is 0 Å². The highest BCUT2D eigenvalue weighted by Gasteiger charge is 2.18. The van der Waals surface area contributed by atoms with E-state index in [1.165, 1.54) is 24.0 Å². The van der Waals surface area contributed by atoms with Crippen molar-refractivity contribution in [3.8, 4) is 0 Å². The summed E-state index contributed by atoms with van der Waals surface area (Å²) in [5, 5.41) is 0. The molecule has 0 aromatic rings. The molecule has 52 valence electrons. The van der Waals surface area contributed by atoms with Crippen molar-refractivity contribution < 1.29 is 4.74 Å². The van der Waals surface area contributed by atoms with Crippen LogP contribution in [-0.2, 0) is 4.74 Å². The van der Waals surface area contributed by atoms with E-state index >= 15 is 0 Å². The van der Waals surface area contributed by atoms with Gasteiger partial charge in [0.05, 0.1) is 6.10 Å². The van der Waals surface area contributed by atoms with E-state index in [-0.39, 0.29) is 0 Å². The van der Waals surface area contributed by atoms with E-state index in [9.17, 15) is 0 Å². The summed E-state index contributed by atoms with van der Waals surface area (Å²) in [6.45, 7) is 4.35. The van der Waals surface area contributed by atoms with Crippen LogP contribution in [0.2, 0.25) is 0 Å². The standard InChI is InChI=1S/C8H14O/c1-6-4-5-8(9-3)7(6)2/h8H,4-5H2,1-3H3. The van der Waals surface area contributed by atoms with Crippen LogP contribution in [0.25, 0.3) is 0 Å². The molecule has 9 heavy (non-hydrogen) atoms. The van der Waals surface area contributed by atoms with Crippen molar-refractivity contribution in [2.24, 2.45) is 0 Å². The highest BCUT2D eigenvalue weighted by atomic mass is 16.5. The van der Waals surface area contributed by atoms with Gasteiger partial charge in [-0.15, -0.1) is 0 Å². The zero-order valence-corrected chi connectivity index (χ0v) is 6.40. The van der Waals surface area contributed by atoms with E-state index in [2.05, 4.69) is 13.8 Å². The van der Waals surface area contributed by atoms with Gasteiger partial charge in [-0.1, -0.05) is 5.57 Å². The summed E-state index contributed by atoms with van der Waals surface area (Å²) in [7, 11) is 1.78. The number of hydrogen-bond donors (Lipinski definition) is 0. The Morgan fingerprint density at radius 2 is 2.11 bits per heavy atom. The third-order valence-corrected chi connectivity index (χ3v) is 2.22. The second-order valence-electron chi connectivity index (χ2n) is 2.73. The minimum absolute atomic E-state index is 0.421. The minimum Gasteiger partial charge on any atom is -0.377 e. The van der Waals surface area contributed by atoms with Gasteiger partial charge in [0.15, 0.2) is 0 Å². The molecule has 0 aromatic heterocycles. The van der Waals surface area contributed by atoms with Crippen LogP contribution in [-0.4, -0.2) is 13.2 Å². The smallest absolute Gasteiger partial charge is 0.0784 e. The number of ether oxygens (including phenoxy) is 1. The maximum Gasteiger partial charge on any atom is 0.0784 e. The van der Waals surface area contributed by atoms with Gasteiger partial charge in [0.1, 0.15) is 0 Å². The van der Waals surface area contributed by atoms with Gasteiger partial charge in [0, 0.05) is 7.11 Å². The minimum atomic E-state index is 0.421. The highest BCUT2D eigenvalue weighted by Crippen LogP contribution is 2.26. The van der Waals surface area contributed by atoms with Crippen molar-refractivity contribution >= 4 is 0 Å². The fourth-order valence-electron chi connectivity index (χ4n) is 1.33. The van der Waals surface area contributed by atoms with Crippen molar-refractivity contribution in [1.29, 1.82) is 0 Å². The molecule has 1 heteroatoms. The number of rotatable bonds is 1. The molecule has 0 aliphatic heterocycles. The lowest BCUT2D eigenvalue weighted by atomic mass is 10.2. The summed E-state index contributed by atoms with van der Waals surface area (Å²) in [4.78, 5) is 0. The first kappa shape index (κ1) is 6.81. The highest BCUT2D eigenvalue weighted by molar-refractivity contribution is 5.20. The van der Waals surface area contributed by atoms with Crippen molar-refractivity contribution in [2.75, 3.05) is 7.11 Å². The lowest BCUT2D eigenvalue weighted by Gasteiger charge is -2.07. The van der Waals surface area contributed by atoms with Crippen LogP contribution in [0.3, 0.4) is 0 Å². The molecule has 1 rings (SSSR count). The van der Waals surface area contributed by atoms with Gasteiger partial charge in [-0.05, 0) is 32.3 Å². The van der Waals surface area contributed by atoms with Crippen LogP contribution in [0, 0.1) is 0 Å². The SMILES string of the molecule is COC1CCC(C)=C1C. The Kier molecular flexibility index (Phi) is 1.91. The Balaban J connectivity index is 2.63. The number of hydrogen-bond acceptors (Lipinski definition) is 1. The van der Waals surface area contributed by atoms with Gasteiger partial charge in [-0.25, -0.2) is 0 Å². The van der Waals surface area contributed by atoms with Crippen LogP contribution >= 0.6 is 0 Å². The monoisotopic (exact) mass is 126 g/mol. The molecular weight excluding hydrogens is 112 g/mol. The molecule has 1 atom stereocenters. The van der Waals surface area contributed by atoms with Gasteiger partial charge in [-0.3, -0.25) is 0 Å². The zero-order chi connectivity index (χ0) is 6.85. The lowest BCUT2D eigenvalue weighted by Crippen LogP contribution is -2.06. The molecule has 1 aliphatic carbocycles. The summed E-state index contributed by atoms with van der Waals surface area (Å²) in [6, 6.07) is 0. The maximum absolute atomic E-state index is 5.24. The molecule has 1 nitrogen and oxygen atoms in total. The molecule has 1 aliphatic rings. The Labute approximate surface area is 56.7 Å². The first-order valence-corrected chi connectivity index (χ1v) is 3.44. The molecule has 1 unspecified atom stereocenters. The fraction of sp³-hybridized carbons (Fsp3) is 0.750. The van der Waals surface area contributed by atoms with Gasteiger partial charge in [-0.2, -0.15) is 0 Å². The van der Waals surface area contributed by atoms with Crippen LogP contribution in [0.1, 0.15) is 26.7 Å². The lowest BCUT2D eigenvalue weighted by molar-refractivity contribution is 0.132. The molecule has 0 fully saturated rings. The van der Waals surface area contributed by atoms with E-state index in [1.54, 1.807) is 7.11 Å². The summed E-state index contributed by atoms with van der Waals surface area (Å²) in [5.41, 5.74) is 2.96. The summed E-state index contributed by atoms with van der Waals surface area (Å²) in [6.07, 6.45) is 2.84. The fourth-order valence-corrected chi connectivity index (χ4v) is 1.33. The molecule has 0 bridgehead atoms. The molecule has 0 saturated carbocycles. The first-order chi connectivity index (χ1) is 4.25. The van der Waals surface area contributed by atoms with E-state index < -0.39 is 0 Å². The van der Waals surface area contributed by atoms with Crippen LogP contribution in [0.15, 0.2) is 11.1 Å². The average molecular weight is 126 g/mol. The predicted octanol–water partition coefficient (Wildman–Crippen LogP) is 2.13. The Bertz CT molecular complexity index is 136. The topological polar surface area (TPSA) is 9.23 Å². The molecule has 0 N–H and O–H groups in total. The van der Waals surface area contributed by atoms with Crippen LogP contribution < -0.4 is 0 Å². The second-order valence-corrected chi connectivity index (χ2v) is 2.73. The molecule has 0 aromatic carbocycles. The van der Waals surface area contributed by atoms with Gasteiger partial charge >= 0.3 is 0 Å². The van der Waals surface area contributed by atoms with Gasteiger partial charge in [0.2, 0.25) is 0 Å². The molecule has 0 amide bonds. The van der Waals surface area contributed by atoms with Gasteiger partial charge in [0.25, 0.3) is 0 Å². The van der Waals surface area contributed by atoms with Crippen LogP contribution in [0.5, 0.6) is 0 Å². The Hall–Kier alpha value is -0.300. The molecular formula is C8H14O. The van der Waals surface area contributed by atoms with E-state index in [0.717, 1.165) is 0 Å². The number of methoxy groups -OCH3 is 1. The van der Waals surface area contributed by atoms with E-state index in [0.29, 0.717) is 6.10 Å². The van der Waals surface area contributed by atoms with Crippen molar-refractivity contribution in [3.05, 3.63) is 11.1 Å². The molecule has 0 heterocycles. The first-order valence-electron chi connectivity index (χ1n) is 3.44. The van der Waals surface area contributed by atoms with Gasteiger partial charge < -0.3 is 4.74 Å². The normalized spacial score (nSPS) is 27.7. The average Bonchev–Trinajstić information content (AvgIpc) is 2.15. The molecule has 0 spiro atoms. The summed E-state index contributed by atoms with van der Waals surface area (Å²) < 4.78 is 5.24.